The molecule has 1 unspecified atom stereocenters. The fourth-order valence-electron chi connectivity index (χ4n) is 2.61. The molecule has 0 heterocycles. The van der Waals surface area contributed by atoms with Crippen LogP contribution in [-0.2, 0) is 0 Å². The fourth-order valence-corrected chi connectivity index (χ4v) is 2.86. The van der Waals surface area contributed by atoms with Crippen molar-refractivity contribution in [3.63, 3.8) is 0 Å². The van der Waals surface area contributed by atoms with Crippen molar-refractivity contribution in [1.29, 1.82) is 5.26 Å². The Morgan fingerprint density at radius 1 is 1.14 bits per heavy atom. The van der Waals surface area contributed by atoms with Crippen LogP contribution in [-0.4, -0.2) is 5.11 Å². The van der Waals surface area contributed by atoms with Crippen LogP contribution in [0.2, 0.25) is 0 Å². The van der Waals surface area contributed by atoms with E-state index < -0.39 is 11.9 Å². The molecule has 0 aliphatic rings. The Hall–Kier alpha value is -2.94. The van der Waals surface area contributed by atoms with Crippen LogP contribution in [0.15, 0.2) is 77.3 Å². The summed E-state index contributed by atoms with van der Waals surface area (Å²) >= 11 is 3.11. The van der Waals surface area contributed by atoms with Gasteiger partial charge >= 0.3 is 0 Å². The van der Waals surface area contributed by atoms with Crippen LogP contribution in [0.4, 0.5) is 4.39 Å². The normalized spacial score (nSPS) is 12.3. The summed E-state index contributed by atoms with van der Waals surface area (Å²) < 4.78 is 20.2. The van der Waals surface area contributed by atoms with Gasteiger partial charge in [-0.1, -0.05) is 48.0 Å². The predicted octanol–water partition coefficient (Wildman–Crippen LogP) is 5.92. The van der Waals surface area contributed by atoms with E-state index in [1.165, 1.54) is 12.1 Å². The van der Waals surface area contributed by atoms with Crippen molar-refractivity contribution < 1.29 is 14.2 Å². The number of halogens is 2. The van der Waals surface area contributed by atoms with Gasteiger partial charge in [0, 0.05) is 5.56 Å². The summed E-state index contributed by atoms with van der Waals surface area (Å²) in [6.45, 7) is 1.97. The molecule has 1 atom stereocenters. The summed E-state index contributed by atoms with van der Waals surface area (Å²) in [6.07, 6.45) is 0.412. The lowest BCUT2D eigenvalue weighted by molar-refractivity contribution is 0.226. The molecule has 0 bridgehead atoms. The average molecular weight is 438 g/mol. The van der Waals surface area contributed by atoms with Gasteiger partial charge in [-0.05, 0) is 58.8 Å². The molecule has 3 aromatic carbocycles. The molecule has 0 fully saturated rings. The number of rotatable bonds is 5. The van der Waals surface area contributed by atoms with Crippen molar-refractivity contribution in [2.24, 2.45) is 0 Å². The summed E-state index contributed by atoms with van der Waals surface area (Å²) in [5.74, 6) is 0.294. The summed E-state index contributed by atoms with van der Waals surface area (Å²) in [6, 6.07) is 21.0. The van der Waals surface area contributed by atoms with Crippen molar-refractivity contribution in [3.8, 4) is 11.8 Å². The molecule has 28 heavy (non-hydrogen) atoms. The lowest BCUT2D eigenvalue weighted by atomic mass is 10.1. The first-order valence-corrected chi connectivity index (χ1v) is 9.36. The van der Waals surface area contributed by atoms with Crippen LogP contribution in [0.1, 0.15) is 28.4 Å². The molecule has 0 spiro atoms. The predicted molar refractivity (Wildman–Crippen MR) is 110 cm³/mol. The summed E-state index contributed by atoms with van der Waals surface area (Å²) in [5, 5.41) is 19.9. The zero-order valence-electron chi connectivity index (χ0n) is 15.1. The number of nitrogens with zero attached hydrogens (tertiary/aromatic N) is 1. The van der Waals surface area contributed by atoms with E-state index in [-0.39, 0.29) is 0 Å². The Bertz CT molecular complexity index is 1050. The minimum Gasteiger partial charge on any atom is -0.456 e. The molecule has 0 saturated carbocycles. The largest absolute Gasteiger partial charge is 0.456 e. The van der Waals surface area contributed by atoms with Crippen LogP contribution >= 0.6 is 15.9 Å². The van der Waals surface area contributed by atoms with Gasteiger partial charge in [0.15, 0.2) is 0 Å². The number of aryl methyl sites for hydroxylation is 1. The molecule has 3 aromatic rings. The summed E-state index contributed by atoms with van der Waals surface area (Å²) in [5.41, 5.74) is 2.58. The highest BCUT2D eigenvalue weighted by Gasteiger charge is 2.14. The SMILES string of the molecule is Cc1ccc(/C(=C/C(O)c2ccc(Br)c(F)c2)Oc2ccccc2C#N)cc1. The first kappa shape index (κ1) is 19.8. The van der Waals surface area contributed by atoms with Gasteiger partial charge in [-0.25, -0.2) is 4.39 Å². The first-order chi connectivity index (χ1) is 13.5. The van der Waals surface area contributed by atoms with E-state index in [0.29, 0.717) is 27.1 Å². The molecule has 0 radical (unpaired) electrons. The van der Waals surface area contributed by atoms with E-state index in [2.05, 4.69) is 22.0 Å². The maximum atomic E-state index is 13.8. The molecule has 0 aromatic heterocycles. The third-order valence-corrected chi connectivity index (χ3v) is 4.80. The van der Waals surface area contributed by atoms with Gasteiger partial charge in [0.25, 0.3) is 0 Å². The Morgan fingerprint density at radius 3 is 2.54 bits per heavy atom. The highest BCUT2D eigenvalue weighted by atomic mass is 79.9. The summed E-state index contributed by atoms with van der Waals surface area (Å²) in [7, 11) is 0. The van der Waals surface area contributed by atoms with Crippen LogP contribution in [0, 0.1) is 24.1 Å². The highest BCUT2D eigenvalue weighted by molar-refractivity contribution is 9.10. The van der Waals surface area contributed by atoms with Gasteiger partial charge in [-0.15, -0.1) is 0 Å². The van der Waals surface area contributed by atoms with Crippen LogP contribution in [0.5, 0.6) is 5.75 Å². The molecule has 0 saturated heterocycles. The highest BCUT2D eigenvalue weighted by Crippen LogP contribution is 2.28. The molecule has 140 valence electrons. The average Bonchev–Trinajstić information content (AvgIpc) is 2.70. The smallest absolute Gasteiger partial charge is 0.145 e. The van der Waals surface area contributed by atoms with Gasteiger partial charge in [0.1, 0.15) is 29.5 Å². The Morgan fingerprint density at radius 2 is 1.86 bits per heavy atom. The summed E-state index contributed by atoms with van der Waals surface area (Å²) in [4.78, 5) is 0. The molecule has 3 rings (SSSR count). The lowest BCUT2D eigenvalue weighted by Crippen LogP contribution is -2.02. The van der Waals surface area contributed by atoms with Crippen LogP contribution in [0.3, 0.4) is 0 Å². The van der Waals surface area contributed by atoms with E-state index in [4.69, 9.17) is 4.74 Å². The topological polar surface area (TPSA) is 53.2 Å². The Kier molecular flexibility index (Phi) is 6.25. The second-order valence-electron chi connectivity index (χ2n) is 6.23. The third-order valence-electron chi connectivity index (χ3n) is 4.16. The monoisotopic (exact) mass is 437 g/mol. The number of ether oxygens (including phenoxy) is 1. The second kappa shape index (κ2) is 8.83. The van der Waals surface area contributed by atoms with Crippen LogP contribution in [0.25, 0.3) is 5.76 Å². The Balaban J connectivity index is 2.02. The molecule has 0 aliphatic carbocycles. The van der Waals surface area contributed by atoms with E-state index in [1.54, 1.807) is 36.4 Å². The van der Waals surface area contributed by atoms with Crippen molar-refractivity contribution in [2.75, 3.05) is 0 Å². The quantitative estimate of drug-likeness (QED) is 0.503. The van der Waals surface area contributed by atoms with Crippen molar-refractivity contribution >= 4 is 21.7 Å². The standard InChI is InChI=1S/C23H17BrFNO2/c1-15-6-8-16(9-7-15)23(28-22-5-3-2-4-18(22)14-26)13-21(27)17-10-11-19(24)20(25)12-17/h2-13,21,27H,1H3/b23-13-. The zero-order valence-corrected chi connectivity index (χ0v) is 16.7. The van der Waals surface area contributed by atoms with Gasteiger partial charge in [-0.2, -0.15) is 5.26 Å². The number of para-hydroxylation sites is 1. The first-order valence-electron chi connectivity index (χ1n) is 8.57. The van der Waals surface area contributed by atoms with E-state index in [9.17, 15) is 14.8 Å². The fraction of sp³-hybridized carbons (Fsp3) is 0.0870. The zero-order chi connectivity index (χ0) is 20.1. The van der Waals surface area contributed by atoms with Crippen molar-refractivity contribution in [1.82, 2.24) is 0 Å². The lowest BCUT2D eigenvalue weighted by Gasteiger charge is -2.15. The molecular weight excluding hydrogens is 421 g/mol. The molecule has 3 nitrogen and oxygen atoms in total. The molecule has 0 amide bonds. The minimum absolute atomic E-state index is 0.324. The molecule has 5 heteroatoms. The number of hydrogen-bond acceptors (Lipinski definition) is 3. The minimum atomic E-state index is -1.09. The van der Waals surface area contributed by atoms with E-state index in [0.717, 1.165) is 11.1 Å². The second-order valence-corrected chi connectivity index (χ2v) is 7.08. The third kappa shape index (κ3) is 4.66. The van der Waals surface area contributed by atoms with E-state index in [1.807, 2.05) is 31.2 Å². The maximum Gasteiger partial charge on any atom is 0.145 e. The number of aliphatic hydroxyl groups is 1. The maximum absolute atomic E-state index is 13.8. The molecule has 1 N–H and O–H groups in total. The van der Waals surface area contributed by atoms with Crippen LogP contribution < -0.4 is 4.74 Å². The number of aliphatic hydroxyl groups excluding tert-OH is 1. The number of benzene rings is 3. The van der Waals surface area contributed by atoms with E-state index >= 15 is 0 Å². The number of hydrogen-bond donors (Lipinski definition) is 1. The molecular formula is C23H17BrFNO2. The van der Waals surface area contributed by atoms with Gasteiger partial charge in [-0.3, -0.25) is 0 Å². The Labute approximate surface area is 171 Å². The van der Waals surface area contributed by atoms with Gasteiger partial charge in [0.05, 0.1) is 10.0 Å². The number of nitriles is 1. The van der Waals surface area contributed by atoms with Gasteiger partial charge < -0.3 is 9.84 Å². The van der Waals surface area contributed by atoms with Crippen molar-refractivity contribution in [2.45, 2.75) is 13.0 Å². The van der Waals surface area contributed by atoms with Gasteiger partial charge in [0.2, 0.25) is 0 Å². The molecule has 0 aliphatic heterocycles. The van der Waals surface area contributed by atoms with Crippen molar-refractivity contribution in [3.05, 3.63) is 105 Å².